The molecule has 9 heteroatoms. The highest BCUT2D eigenvalue weighted by Gasteiger charge is 2.65. The average Bonchev–Trinajstić information content (AvgIpc) is 3.27. The van der Waals surface area contributed by atoms with Crippen LogP contribution in [-0.2, 0) is 9.59 Å². The number of fused-ring (bicyclic) bond motifs is 1. The Bertz CT molecular complexity index is 890. The van der Waals surface area contributed by atoms with Crippen molar-refractivity contribution >= 4 is 39.9 Å². The summed E-state index contributed by atoms with van der Waals surface area (Å²) in [4.78, 5) is 26.3. The van der Waals surface area contributed by atoms with Gasteiger partial charge in [0.15, 0.2) is 22.7 Å². The molecule has 0 N–H and O–H groups in total. The first kappa shape index (κ1) is 18.6. The molecule has 1 aromatic rings. The summed E-state index contributed by atoms with van der Waals surface area (Å²) >= 11 is 4.88. The Morgan fingerprint density at radius 3 is 2.63 bits per heavy atom. The summed E-state index contributed by atoms with van der Waals surface area (Å²) in [5, 5.41) is 9.83. The summed E-state index contributed by atoms with van der Waals surface area (Å²) in [5.41, 5.74) is 0.862. The summed E-state index contributed by atoms with van der Waals surface area (Å²) in [6, 6.07) is 5.74. The first-order chi connectivity index (χ1) is 12.8. The van der Waals surface area contributed by atoms with Crippen molar-refractivity contribution in [2.24, 2.45) is 5.92 Å². The van der Waals surface area contributed by atoms with E-state index in [1.165, 1.54) is 16.7 Å². The predicted molar refractivity (Wildman–Crippen MR) is 102 cm³/mol. The number of carbonyl (C=O) groups is 2. The van der Waals surface area contributed by atoms with Crippen LogP contribution >= 0.6 is 27.7 Å². The number of halogens is 1. The number of ether oxygens (including phenoxy) is 2. The largest absolute Gasteiger partial charge is 0.454 e. The van der Waals surface area contributed by atoms with E-state index in [-0.39, 0.29) is 18.7 Å². The highest BCUT2D eigenvalue weighted by Crippen LogP contribution is 2.59. The second kappa shape index (κ2) is 6.12. The molecule has 3 aliphatic rings. The highest BCUT2D eigenvalue weighted by molar-refractivity contribution is 9.10. The van der Waals surface area contributed by atoms with E-state index in [1.807, 2.05) is 24.1 Å². The number of aldehydes is 1. The van der Waals surface area contributed by atoms with Gasteiger partial charge in [0.2, 0.25) is 6.79 Å². The minimum absolute atomic E-state index is 0.149. The molecule has 2 fully saturated rings. The smallest absolute Gasteiger partial charge is 0.254 e. The Balaban J connectivity index is 1.79. The third kappa shape index (κ3) is 2.43. The fourth-order valence-electron chi connectivity index (χ4n) is 4.12. The second-order valence-electron chi connectivity index (χ2n) is 7.15. The van der Waals surface area contributed by atoms with E-state index in [1.54, 1.807) is 14.0 Å². The normalized spacial score (nSPS) is 35.1. The van der Waals surface area contributed by atoms with E-state index in [0.29, 0.717) is 17.9 Å². The maximum absolute atomic E-state index is 13.2. The molecular formula is C18H18BrN3O4S. The van der Waals surface area contributed by atoms with Gasteiger partial charge in [-0.1, -0.05) is 27.7 Å². The minimum Gasteiger partial charge on any atom is -0.454 e. The predicted octanol–water partition coefficient (Wildman–Crippen LogP) is 2.51. The highest BCUT2D eigenvalue weighted by atomic mass is 79.9. The Hall–Kier alpha value is -1.76. The van der Waals surface area contributed by atoms with E-state index in [2.05, 4.69) is 22.0 Å². The number of rotatable bonds is 2. The fraction of sp³-hybridized carbons (Fsp3) is 0.500. The molecule has 142 valence electrons. The zero-order chi connectivity index (χ0) is 19.6. The third-order valence-electron chi connectivity index (χ3n) is 5.74. The summed E-state index contributed by atoms with van der Waals surface area (Å²) in [6.45, 7) is 1.89. The molecule has 3 heterocycles. The van der Waals surface area contributed by atoms with Gasteiger partial charge in [0.05, 0.1) is 18.0 Å². The molecule has 2 saturated heterocycles. The molecule has 0 radical (unpaired) electrons. The van der Waals surface area contributed by atoms with Crippen molar-refractivity contribution in [2.75, 3.05) is 20.9 Å². The summed E-state index contributed by atoms with van der Waals surface area (Å²) in [6.07, 6.45) is 1.15. The number of likely N-dealkylation sites (tertiary alicyclic amines) is 1. The van der Waals surface area contributed by atoms with Gasteiger partial charge in [0.1, 0.15) is 4.87 Å². The van der Waals surface area contributed by atoms with Crippen molar-refractivity contribution in [3.63, 3.8) is 0 Å². The van der Waals surface area contributed by atoms with Crippen LogP contribution < -0.4 is 9.47 Å². The third-order valence-corrected chi connectivity index (χ3v) is 8.18. The van der Waals surface area contributed by atoms with Crippen LogP contribution in [0.15, 0.2) is 16.6 Å². The van der Waals surface area contributed by atoms with Crippen LogP contribution in [0, 0.1) is 17.2 Å². The number of amides is 1. The van der Waals surface area contributed by atoms with Gasteiger partial charge in [-0.3, -0.25) is 14.5 Å². The number of thioether (sulfide) groups is 1. The molecule has 3 aliphatic heterocycles. The van der Waals surface area contributed by atoms with Crippen molar-refractivity contribution < 1.29 is 19.1 Å². The molecule has 0 aromatic heterocycles. The van der Waals surface area contributed by atoms with Crippen LogP contribution in [0.5, 0.6) is 11.5 Å². The van der Waals surface area contributed by atoms with E-state index in [9.17, 15) is 14.9 Å². The number of likely N-dealkylation sites (N-methyl/N-ethyl adjacent to an activating group) is 2. The van der Waals surface area contributed by atoms with E-state index in [0.717, 1.165) is 16.3 Å². The van der Waals surface area contributed by atoms with Crippen molar-refractivity contribution in [1.82, 2.24) is 9.80 Å². The Morgan fingerprint density at radius 1 is 1.37 bits per heavy atom. The van der Waals surface area contributed by atoms with Gasteiger partial charge in [0.25, 0.3) is 5.91 Å². The van der Waals surface area contributed by atoms with Crippen molar-refractivity contribution in [3.8, 4) is 17.6 Å². The van der Waals surface area contributed by atoms with Crippen LogP contribution in [0.25, 0.3) is 0 Å². The topological polar surface area (TPSA) is 82.9 Å². The first-order valence-electron chi connectivity index (χ1n) is 8.44. The average molecular weight is 452 g/mol. The molecule has 0 aliphatic carbocycles. The van der Waals surface area contributed by atoms with Crippen molar-refractivity contribution in [3.05, 3.63) is 22.2 Å². The zero-order valence-corrected chi connectivity index (χ0v) is 17.5. The Morgan fingerprint density at radius 2 is 2.04 bits per heavy atom. The standard InChI is InChI=1S/C18H18BrN3O4S/c1-17(8-23)22(3)16(24)18(27-17)6-10(7-20)15(21(18)2)11-4-13-14(5-12(11)19)26-9-25-13/h4-5,8,10,15H,6,9H2,1-3H3. The van der Waals surface area contributed by atoms with Crippen LogP contribution in [-0.4, -0.2) is 52.6 Å². The SMILES string of the molecule is CN1C(=O)C2(CC(C#N)C(c3cc4c(cc3Br)OCO4)N2C)SC1(C)C=O. The molecule has 4 atom stereocenters. The van der Waals surface area contributed by atoms with Crippen LogP contribution in [0.2, 0.25) is 0 Å². The number of nitrogens with zero attached hydrogens (tertiary/aromatic N) is 3. The minimum atomic E-state index is -0.953. The lowest BCUT2D eigenvalue weighted by Gasteiger charge is -2.33. The fourth-order valence-corrected chi connectivity index (χ4v) is 6.38. The lowest BCUT2D eigenvalue weighted by atomic mass is 9.94. The molecule has 4 rings (SSSR count). The van der Waals surface area contributed by atoms with Crippen LogP contribution in [0.3, 0.4) is 0 Å². The van der Waals surface area contributed by atoms with Gasteiger partial charge in [-0.25, -0.2) is 0 Å². The Labute approximate surface area is 169 Å². The van der Waals surface area contributed by atoms with Gasteiger partial charge in [-0.2, -0.15) is 5.26 Å². The molecule has 27 heavy (non-hydrogen) atoms. The van der Waals surface area contributed by atoms with E-state index >= 15 is 0 Å². The maximum atomic E-state index is 13.2. The maximum Gasteiger partial charge on any atom is 0.254 e. The first-order valence-corrected chi connectivity index (χ1v) is 10.0. The summed E-state index contributed by atoms with van der Waals surface area (Å²) in [5.74, 6) is 0.711. The zero-order valence-electron chi connectivity index (χ0n) is 15.1. The van der Waals surface area contributed by atoms with Gasteiger partial charge >= 0.3 is 0 Å². The van der Waals surface area contributed by atoms with E-state index < -0.39 is 15.7 Å². The lowest BCUT2D eigenvalue weighted by Crippen LogP contribution is -2.47. The molecule has 0 saturated carbocycles. The van der Waals surface area contributed by atoms with Gasteiger partial charge in [-0.15, -0.1) is 0 Å². The van der Waals surface area contributed by atoms with Crippen molar-refractivity contribution in [2.45, 2.75) is 29.1 Å². The number of hydrogen-bond acceptors (Lipinski definition) is 7. The Kier molecular flexibility index (Phi) is 4.22. The van der Waals surface area contributed by atoms with Crippen LogP contribution in [0.1, 0.15) is 24.9 Å². The summed E-state index contributed by atoms with van der Waals surface area (Å²) < 4.78 is 11.7. The summed E-state index contributed by atoms with van der Waals surface area (Å²) in [7, 11) is 3.48. The van der Waals surface area contributed by atoms with Crippen molar-refractivity contribution in [1.29, 1.82) is 5.26 Å². The molecule has 7 nitrogen and oxygen atoms in total. The monoisotopic (exact) mass is 451 g/mol. The quantitative estimate of drug-likeness (QED) is 0.638. The molecule has 1 aromatic carbocycles. The molecule has 1 spiro atoms. The molecule has 4 unspecified atom stereocenters. The lowest BCUT2D eigenvalue weighted by molar-refractivity contribution is -0.138. The number of benzene rings is 1. The molecular weight excluding hydrogens is 434 g/mol. The number of nitriles is 1. The van der Waals surface area contributed by atoms with Gasteiger partial charge < -0.3 is 14.4 Å². The van der Waals surface area contributed by atoms with Crippen LogP contribution in [0.4, 0.5) is 0 Å². The number of carbonyl (C=O) groups excluding carboxylic acids is 2. The van der Waals surface area contributed by atoms with Gasteiger partial charge in [-0.05, 0) is 31.7 Å². The second-order valence-corrected chi connectivity index (χ2v) is 9.71. The molecule has 0 bridgehead atoms. The van der Waals surface area contributed by atoms with Gasteiger partial charge in [0, 0.05) is 17.9 Å². The van der Waals surface area contributed by atoms with E-state index in [4.69, 9.17) is 9.47 Å². The molecule has 1 amide bonds. The number of hydrogen-bond donors (Lipinski definition) is 0.